The first-order chi connectivity index (χ1) is 10.2. The number of fused-ring (bicyclic) bond motifs is 1. The van der Waals surface area contributed by atoms with E-state index in [1.54, 1.807) is 6.92 Å². The molecule has 2 aliphatic carbocycles. The molecule has 120 valence electrons. The second-order valence-corrected chi connectivity index (χ2v) is 6.93. The van der Waals surface area contributed by atoms with E-state index in [-0.39, 0.29) is 36.0 Å². The smallest absolute Gasteiger partial charge is 0.334 e. The lowest BCUT2D eigenvalue weighted by Crippen LogP contribution is -2.29. The first kappa shape index (κ1) is 15.3. The molecular formula is C17H22O5. The van der Waals surface area contributed by atoms with Crippen LogP contribution in [0.15, 0.2) is 23.3 Å². The van der Waals surface area contributed by atoms with Gasteiger partial charge in [0.1, 0.15) is 12.2 Å². The van der Waals surface area contributed by atoms with Gasteiger partial charge in [-0.3, -0.25) is 4.79 Å². The monoisotopic (exact) mass is 306 g/mol. The zero-order valence-corrected chi connectivity index (χ0v) is 13.2. The molecule has 0 saturated carbocycles. The summed E-state index contributed by atoms with van der Waals surface area (Å²) in [6.45, 7) is 9.01. The van der Waals surface area contributed by atoms with Crippen LogP contribution in [0.4, 0.5) is 0 Å². The summed E-state index contributed by atoms with van der Waals surface area (Å²) in [7, 11) is 0. The third kappa shape index (κ3) is 2.28. The van der Waals surface area contributed by atoms with Crippen LogP contribution < -0.4 is 0 Å². The Bertz CT molecular complexity index is 586. The van der Waals surface area contributed by atoms with Crippen LogP contribution in [0.25, 0.3) is 0 Å². The fraction of sp³-hybridized carbons (Fsp3) is 0.647. The third-order valence-corrected chi connectivity index (χ3v) is 5.19. The molecule has 0 aromatic rings. The molecule has 1 N–H and O–H groups in total. The summed E-state index contributed by atoms with van der Waals surface area (Å²) in [5.74, 6) is -0.686. The SMILES string of the molecule is C=C1C(=O)O[C@H]2C[C@@H](C)C3=C(C[C@H]12)[C@](C)(O)C[C@H]3OC(C)=O. The summed E-state index contributed by atoms with van der Waals surface area (Å²) >= 11 is 0. The van der Waals surface area contributed by atoms with Crippen molar-refractivity contribution < 1.29 is 24.2 Å². The van der Waals surface area contributed by atoms with Crippen molar-refractivity contribution in [2.45, 2.75) is 57.8 Å². The van der Waals surface area contributed by atoms with Gasteiger partial charge in [0, 0.05) is 24.8 Å². The molecule has 0 unspecified atom stereocenters. The van der Waals surface area contributed by atoms with Crippen molar-refractivity contribution >= 4 is 11.9 Å². The van der Waals surface area contributed by atoms with Crippen molar-refractivity contribution in [3.05, 3.63) is 23.3 Å². The summed E-state index contributed by atoms with van der Waals surface area (Å²) in [5, 5.41) is 10.8. The summed E-state index contributed by atoms with van der Waals surface area (Å²) < 4.78 is 10.8. The van der Waals surface area contributed by atoms with E-state index in [2.05, 4.69) is 6.58 Å². The fourth-order valence-corrected chi connectivity index (χ4v) is 4.19. The zero-order chi connectivity index (χ0) is 16.2. The van der Waals surface area contributed by atoms with E-state index in [9.17, 15) is 14.7 Å². The Balaban J connectivity index is 1.99. The second kappa shape index (κ2) is 4.95. The van der Waals surface area contributed by atoms with E-state index in [1.165, 1.54) is 6.92 Å². The van der Waals surface area contributed by atoms with Gasteiger partial charge < -0.3 is 14.6 Å². The van der Waals surface area contributed by atoms with Gasteiger partial charge in [0.25, 0.3) is 0 Å². The number of esters is 2. The van der Waals surface area contributed by atoms with Crippen LogP contribution in [0, 0.1) is 11.8 Å². The van der Waals surface area contributed by atoms with Gasteiger partial charge in [-0.15, -0.1) is 0 Å². The molecule has 3 aliphatic rings. The van der Waals surface area contributed by atoms with E-state index in [4.69, 9.17) is 9.47 Å². The van der Waals surface area contributed by atoms with E-state index < -0.39 is 5.60 Å². The standard InChI is InChI=1S/C17H22O5/c1-8-5-13-11(9(2)16(19)22-13)6-12-15(8)14(21-10(3)18)7-17(12,4)20/h8,11,13-14,20H,2,5-7H2,1,3-4H3/t8-,11-,13+,14-,17-/m1/s1. The molecule has 0 radical (unpaired) electrons. The minimum absolute atomic E-state index is 0.0852. The van der Waals surface area contributed by atoms with Gasteiger partial charge in [0.15, 0.2) is 0 Å². The largest absolute Gasteiger partial charge is 0.458 e. The van der Waals surface area contributed by atoms with Crippen molar-refractivity contribution in [2.24, 2.45) is 11.8 Å². The minimum Gasteiger partial charge on any atom is -0.458 e. The molecule has 0 amide bonds. The number of carbonyl (C=O) groups is 2. The molecule has 1 fully saturated rings. The first-order valence-electron chi connectivity index (χ1n) is 7.73. The molecule has 5 nitrogen and oxygen atoms in total. The van der Waals surface area contributed by atoms with Crippen LogP contribution >= 0.6 is 0 Å². The Hall–Kier alpha value is -1.62. The van der Waals surface area contributed by atoms with Gasteiger partial charge in [-0.2, -0.15) is 0 Å². The summed E-state index contributed by atoms with van der Waals surface area (Å²) in [5.41, 5.74) is 1.35. The van der Waals surface area contributed by atoms with E-state index in [0.29, 0.717) is 24.8 Å². The number of hydrogen-bond donors (Lipinski definition) is 1. The maximum atomic E-state index is 11.8. The summed E-state index contributed by atoms with van der Waals surface area (Å²) in [6, 6.07) is 0. The van der Waals surface area contributed by atoms with Crippen molar-refractivity contribution in [1.82, 2.24) is 0 Å². The molecule has 1 saturated heterocycles. The Kier molecular flexibility index (Phi) is 3.44. The predicted molar refractivity (Wildman–Crippen MR) is 78.7 cm³/mol. The number of carbonyl (C=O) groups excluding carboxylic acids is 2. The third-order valence-electron chi connectivity index (χ3n) is 5.19. The van der Waals surface area contributed by atoms with Crippen LogP contribution in [-0.4, -0.2) is 34.9 Å². The van der Waals surface area contributed by atoms with Crippen LogP contribution in [0.3, 0.4) is 0 Å². The van der Waals surface area contributed by atoms with E-state index >= 15 is 0 Å². The van der Waals surface area contributed by atoms with Crippen molar-refractivity contribution in [1.29, 1.82) is 0 Å². The highest BCUT2D eigenvalue weighted by molar-refractivity contribution is 5.91. The number of ether oxygens (including phenoxy) is 2. The molecule has 0 aromatic heterocycles. The van der Waals surface area contributed by atoms with Gasteiger partial charge >= 0.3 is 11.9 Å². The molecule has 22 heavy (non-hydrogen) atoms. The molecule has 5 heteroatoms. The molecule has 0 bridgehead atoms. The topological polar surface area (TPSA) is 72.8 Å². The van der Waals surface area contributed by atoms with Crippen LogP contribution in [0.5, 0.6) is 0 Å². The lowest BCUT2D eigenvalue weighted by Gasteiger charge is -2.25. The maximum absolute atomic E-state index is 11.8. The molecule has 5 atom stereocenters. The zero-order valence-electron chi connectivity index (χ0n) is 13.2. The van der Waals surface area contributed by atoms with Gasteiger partial charge in [-0.1, -0.05) is 13.5 Å². The van der Waals surface area contributed by atoms with E-state index in [0.717, 1.165) is 11.1 Å². The molecular weight excluding hydrogens is 284 g/mol. The van der Waals surface area contributed by atoms with Crippen LogP contribution in [0.2, 0.25) is 0 Å². The highest BCUT2D eigenvalue weighted by Crippen LogP contribution is 2.50. The average molecular weight is 306 g/mol. The maximum Gasteiger partial charge on any atom is 0.334 e. The predicted octanol–water partition coefficient (Wildman–Crippen LogP) is 1.90. The Morgan fingerprint density at radius 1 is 1.50 bits per heavy atom. The van der Waals surface area contributed by atoms with Gasteiger partial charge in [0.05, 0.1) is 5.60 Å². The minimum atomic E-state index is -1.02. The Labute approximate surface area is 130 Å². The summed E-state index contributed by atoms with van der Waals surface area (Å²) in [4.78, 5) is 23.1. The summed E-state index contributed by atoms with van der Waals surface area (Å²) in [6.07, 6.45) is 0.997. The Morgan fingerprint density at radius 3 is 2.82 bits per heavy atom. The highest BCUT2D eigenvalue weighted by atomic mass is 16.6. The molecule has 0 spiro atoms. The van der Waals surface area contributed by atoms with Gasteiger partial charge in [-0.25, -0.2) is 4.79 Å². The highest BCUT2D eigenvalue weighted by Gasteiger charge is 2.51. The van der Waals surface area contributed by atoms with Crippen LogP contribution in [-0.2, 0) is 19.1 Å². The van der Waals surface area contributed by atoms with E-state index in [1.807, 2.05) is 6.92 Å². The molecule has 0 aromatic carbocycles. The average Bonchev–Trinajstić information content (AvgIpc) is 2.71. The lowest BCUT2D eigenvalue weighted by molar-refractivity contribution is -0.145. The first-order valence-corrected chi connectivity index (χ1v) is 7.73. The second-order valence-electron chi connectivity index (χ2n) is 6.93. The van der Waals surface area contributed by atoms with Crippen molar-refractivity contribution in [2.75, 3.05) is 0 Å². The van der Waals surface area contributed by atoms with Gasteiger partial charge in [0.2, 0.25) is 0 Å². The molecule has 3 rings (SSSR count). The van der Waals surface area contributed by atoms with Gasteiger partial charge in [-0.05, 0) is 36.8 Å². The fourth-order valence-electron chi connectivity index (χ4n) is 4.19. The van der Waals surface area contributed by atoms with Crippen molar-refractivity contribution in [3.8, 4) is 0 Å². The number of hydrogen-bond acceptors (Lipinski definition) is 5. The molecule has 1 aliphatic heterocycles. The lowest BCUT2D eigenvalue weighted by atomic mass is 9.85. The normalized spacial score (nSPS) is 40.9. The van der Waals surface area contributed by atoms with Crippen molar-refractivity contribution in [3.63, 3.8) is 0 Å². The number of rotatable bonds is 1. The van der Waals surface area contributed by atoms with Crippen LogP contribution in [0.1, 0.15) is 40.0 Å². The Morgan fingerprint density at radius 2 is 2.18 bits per heavy atom. The number of aliphatic hydroxyl groups is 1. The molecule has 1 heterocycles. The quantitative estimate of drug-likeness (QED) is 0.455.